The molecule has 0 radical (unpaired) electrons. The monoisotopic (exact) mass is 353 g/mol. The summed E-state index contributed by atoms with van der Waals surface area (Å²) in [6.07, 6.45) is 1.02. The summed E-state index contributed by atoms with van der Waals surface area (Å²) in [5, 5.41) is 23.2. The molecular weight excluding hydrogens is 322 g/mol. The van der Waals surface area contributed by atoms with Crippen molar-refractivity contribution in [3.8, 4) is 11.5 Å². The Balaban J connectivity index is 2.47. The number of fused-ring (bicyclic) bond motifs is 3. The third kappa shape index (κ3) is 2.94. The van der Waals surface area contributed by atoms with Gasteiger partial charge in [0.15, 0.2) is 0 Å². The van der Waals surface area contributed by atoms with E-state index in [-0.39, 0.29) is 10.8 Å². The smallest absolute Gasteiger partial charge is 0.120 e. The molecule has 140 valence electrons. The van der Waals surface area contributed by atoms with Crippen molar-refractivity contribution in [2.45, 2.75) is 72.3 Å². The van der Waals surface area contributed by atoms with Gasteiger partial charge in [0.2, 0.25) is 0 Å². The minimum absolute atomic E-state index is 0.134. The molecule has 3 nitrogen and oxygen atoms in total. The van der Waals surface area contributed by atoms with Gasteiger partial charge in [-0.2, -0.15) is 0 Å². The number of aromatic hydroxyl groups is 2. The lowest BCUT2D eigenvalue weighted by molar-refractivity contribution is 0.446. The molecule has 0 aliphatic heterocycles. The maximum absolute atomic E-state index is 10.6. The zero-order valence-electron chi connectivity index (χ0n) is 17.1. The Morgan fingerprint density at radius 3 is 1.42 bits per heavy atom. The molecule has 0 unspecified atom stereocenters. The van der Waals surface area contributed by atoms with E-state index in [1.165, 1.54) is 0 Å². The number of phenolic OH excluding ortho intramolecular Hbond substituents is 2. The molecule has 2 N–H and O–H groups in total. The Morgan fingerprint density at radius 2 is 1.12 bits per heavy atom. The van der Waals surface area contributed by atoms with E-state index < -0.39 is 0 Å². The van der Waals surface area contributed by atoms with Crippen molar-refractivity contribution in [1.29, 1.82) is 0 Å². The summed E-state index contributed by atoms with van der Waals surface area (Å²) < 4.78 is 2.33. The van der Waals surface area contributed by atoms with Crippen LogP contribution in [0.2, 0.25) is 0 Å². The Morgan fingerprint density at radius 1 is 0.731 bits per heavy atom. The molecule has 0 amide bonds. The fourth-order valence-corrected chi connectivity index (χ4v) is 3.83. The van der Waals surface area contributed by atoms with Crippen molar-refractivity contribution in [3.63, 3.8) is 0 Å². The predicted molar refractivity (Wildman–Crippen MR) is 110 cm³/mol. The lowest BCUT2D eigenvalue weighted by Crippen LogP contribution is -2.12. The highest BCUT2D eigenvalue weighted by Crippen LogP contribution is 2.42. The van der Waals surface area contributed by atoms with Gasteiger partial charge in [0.05, 0.1) is 0 Å². The summed E-state index contributed by atoms with van der Waals surface area (Å²) in [6, 6.07) is 7.96. The summed E-state index contributed by atoms with van der Waals surface area (Å²) in [5.74, 6) is 0.639. The lowest BCUT2D eigenvalue weighted by Gasteiger charge is -2.21. The standard InChI is InChI=1S/C23H31NO2/c1-8-9-24-18-12-16(22(2,3)4)20(25)10-14(18)15-11-21(26)17(13-19(15)24)23(5,6)7/h10-13,25-26H,8-9H2,1-7H3. The van der Waals surface area contributed by atoms with Crippen LogP contribution >= 0.6 is 0 Å². The van der Waals surface area contributed by atoms with Gasteiger partial charge in [-0.25, -0.2) is 0 Å². The molecule has 0 aliphatic rings. The molecule has 0 spiro atoms. The normalized spacial score (nSPS) is 13.0. The molecule has 26 heavy (non-hydrogen) atoms. The Hall–Kier alpha value is -2.16. The van der Waals surface area contributed by atoms with Crippen LogP contribution in [0.25, 0.3) is 21.8 Å². The largest absolute Gasteiger partial charge is 0.508 e. The van der Waals surface area contributed by atoms with Gasteiger partial charge in [-0.15, -0.1) is 0 Å². The van der Waals surface area contributed by atoms with Crippen LogP contribution in [-0.2, 0) is 17.4 Å². The van der Waals surface area contributed by atoms with Gasteiger partial charge in [-0.05, 0) is 41.5 Å². The van der Waals surface area contributed by atoms with E-state index >= 15 is 0 Å². The maximum Gasteiger partial charge on any atom is 0.120 e. The molecule has 1 heterocycles. The van der Waals surface area contributed by atoms with Crippen molar-refractivity contribution in [1.82, 2.24) is 4.57 Å². The van der Waals surface area contributed by atoms with E-state index in [0.717, 1.165) is 45.9 Å². The molecule has 1 aromatic heterocycles. The second-order valence-electron chi connectivity index (χ2n) is 9.42. The van der Waals surface area contributed by atoms with Gasteiger partial charge < -0.3 is 14.8 Å². The fraction of sp³-hybridized carbons (Fsp3) is 0.478. The zero-order chi connectivity index (χ0) is 19.4. The first kappa shape index (κ1) is 18.6. The van der Waals surface area contributed by atoms with Crippen LogP contribution in [0.5, 0.6) is 11.5 Å². The van der Waals surface area contributed by atoms with E-state index in [1.54, 1.807) is 0 Å². The third-order valence-electron chi connectivity index (χ3n) is 5.16. The predicted octanol–water partition coefficient (Wildman–Crippen LogP) is 6.21. The van der Waals surface area contributed by atoms with Crippen molar-refractivity contribution >= 4 is 21.8 Å². The fourth-order valence-electron chi connectivity index (χ4n) is 3.83. The molecule has 0 saturated heterocycles. The third-order valence-corrected chi connectivity index (χ3v) is 5.16. The molecule has 3 rings (SSSR count). The first-order valence-electron chi connectivity index (χ1n) is 9.48. The topological polar surface area (TPSA) is 45.4 Å². The SMILES string of the molecule is CCCn1c2cc(C(C)(C)C)c(O)cc2c2cc(O)c(C(C)(C)C)cc21. The molecule has 2 aromatic carbocycles. The van der Waals surface area contributed by atoms with Crippen molar-refractivity contribution < 1.29 is 10.2 Å². The first-order valence-corrected chi connectivity index (χ1v) is 9.48. The van der Waals surface area contributed by atoms with E-state index in [0.29, 0.717) is 11.5 Å². The zero-order valence-corrected chi connectivity index (χ0v) is 17.1. The molecule has 0 bridgehead atoms. The highest BCUT2D eigenvalue weighted by Gasteiger charge is 2.24. The molecular formula is C23H31NO2. The van der Waals surface area contributed by atoms with Gasteiger partial charge in [0.25, 0.3) is 0 Å². The Bertz CT molecular complexity index is 904. The van der Waals surface area contributed by atoms with Crippen molar-refractivity contribution in [3.05, 3.63) is 35.4 Å². The van der Waals surface area contributed by atoms with Crippen LogP contribution in [0.3, 0.4) is 0 Å². The first-order chi connectivity index (χ1) is 11.9. The summed E-state index contributed by atoms with van der Waals surface area (Å²) in [6.45, 7) is 15.8. The summed E-state index contributed by atoms with van der Waals surface area (Å²) in [4.78, 5) is 0. The number of hydrogen-bond donors (Lipinski definition) is 2. The number of aryl methyl sites for hydroxylation is 1. The minimum Gasteiger partial charge on any atom is -0.508 e. The summed E-state index contributed by atoms with van der Waals surface area (Å²) in [5.41, 5.74) is 3.87. The Labute approximate surface area is 156 Å². The summed E-state index contributed by atoms with van der Waals surface area (Å²) in [7, 11) is 0. The van der Waals surface area contributed by atoms with Crippen LogP contribution in [0.15, 0.2) is 24.3 Å². The van der Waals surface area contributed by atoms with Crippen LogP contribution in [0.4, 0.5) is 0 Å². The van der Waals surface area contributed by atoms with Crippen LogP contribution in [0, 0.1) is 0 Å². The molecule has 0 saturated carbocycles. The molecule has 0 fully saturated rings. The Kier molecular flexibility index (Phi) is 4.25. The average molecular weight is 354 g/mol. The highest BCUT2D eigenvalue weighted by atomic mass is 16.3. The number of aromatic nitrogens is 1. The number of nitrogens with zero attached hydrogens (tertiary/aromatic N) is 1. The average Bonchev–Trinajstić information content (AvgIpc) is 2.77. The second kappa shape index (κ2) is 5.94. The van der Waals surface area contributed by atoms with Crippen molar-refractivity contribution in [2.24, 2.45) is 0 Å². The quantitative estimate of drug-likeness (QED) is 0.575. The molecule has 0 aliphatic carbocycles. The maximum atomic E-state index is 10.6. The molecule has 3 aromatic rings. The number of rotatable bonds is 2. The van der Waals surface area contributed by atoms with Gasteiger partial charge >= 0.3 is 0 Å². The van der Waals surface area contributed by atoms with Crippen LogP contribution in [-0.4, -0.2) is 14.8 Å². The number of benzene rings is 2. The van der Waals surface area contributed by atoms with Gasteiger partial charge in [0, 0.05) is 39.5 Å². The molecule has 3 heteroatoms. The van der Waals surface area contributed by atoms with Crippen LogP contribution in [0.1, 0.15) is 66.0 Å². The molecule has 0 atom stereocenters. The summed E-state index contributed by atoms with van der Waals surface area (Å²) >= 11 is 0. The van der Waals surface area contributed by atoms with Gasteiger partial charge in [0.1, 0.15) is 11.5 Å². The van der Waals surface area contributed by atoms with Crippen LogP contribution < -0.4 is 0 Å². The number of hydrogen-bond acceptors (Lipinski definition) is 2. The lowest BCUT2D eigenvalue weighted by atomic mass is 9.85. The van der Waals surface area contributed by atoms with Gasteiger partial charge in [-0.3, -0.25) is 0 Å². The van der Waals surface area contributed by atoms with Crippen molar-refractivity contribution in [2.75, 3.05) is 0 Å². The second-order valence-corrected chi connectivity index (χ2v) is 9.42. The van der Waals surface area contributed by atoms with E-state index in [2.05, 4.69) is 65.2 Å². The van der Waals surface area contributed by atoms with E-state index in [1.807, 2.05) is 12.1 Å². The van der Waals surface area contributed by atoms with Gasteiger partial charge in [-0.1, -0.05) is 48.5 Å². The minimum atomic E-state index is -0.134. The number of phenols is 2. The van der Waals surface area contributed by atoms with E-state index in [9.17, 15) is 10.2 Å². The highest BCUT2D eigenvalue weighted by molar-refractivity contribution is 6.09. The van der Waals surface area contributed by atoms with E-state index in [4.69, 9.17) is 0 Å².